The minimum atomic E-state index is -0.285. The van der Waals surface area contributed by atoms with Crippen molar-refractivity contribution in [1.82, 2.24) is 0 Å². The van der Waals surface area contributed by atoms with E-state index in [0.29, 0.717) is 6.61 Å². The molecule has 1 aliphatic rings. The number of benzene rings is 1. The molecule has 0 aliphatic carbocycles. The van der Waals surface area contributed by atoms with Crippen LogP contribution in [0.5, 0.6) is 0 Å². The molecule has 1 heterocycles. The molecule has 3 nitrogen and oxygen atoms in total. The van der Waals surface area contributed by atoms with E-state index in [-0.39, 0.29) is 12.0 Å². The van der Waals surface area contributed by atoms with Crippen LogP contribution in [-0.4, -0.2) is 18.6 Å². The molecule has 1 saturated heterocycles. The lowest BCUT2D eigenvalue weighted by atomic mass is 10.2. The van der Waals surface area contributed by atoms with Gasteiger partial charge in [0.1, 0.15) is 6.10 Å². The normalized spacial score (nSPS) is 19.8. The first-order valence-corrected chi connectivity index (χ1v) is 6.15. The average molecular weight is 284 g/mol. The second kappa shape index (κ2) is 4.97. The number of hydrogen-bond donors (Lipinski definition) is 1. The van der Waals surface area contributed by atoms with Gasteiger partial charge in [-0.25, -0.2) is 0 Å². The molecule has 1 aromatic rings. The minimum absolute atomic E-state index is 0.0520. The first kappa shape index (κ1) is 11.6. The van der Waals surface area contributed by atoms with Crippen molar-refractivity contribution in [2.24, 2.45) is 0 Å². The highest BCUT2D eigenvalue weighted by Crippen LogP contribution is 2.26. The molecular weight excluding hydrogens is 270 g/mol. The molecule has 1 aromatic carbocycles. The highest BCUT2D eigenvalue weighted by Gasteiger charge is 2.23. The second-order valence-electron chi connectivity index (χ2n) is 3.93. The van der Waals surface area contributed by atoms with Crippen LogP contribution in [0.3, 0.4) is 0 Å². The summed E-state index contributed by atoms with van der Waals surface area (Å²) in [5.41, 5.74) is 1.91. The molecule has 2 rings (SSSR count). The molecule has 0 saturated carbocycles. The van der Waals surface area contributed by atoms with Gasteiger partial charge in [0.05, 0.1) is 5.69 Å². The maximum atomic E-state index is 11.8. The molecule has 0 bridgehead atoms. The third kappa shape index (κ3) is 2.44. The summed E-state index contributed by atoms with van der Waals surface area (Å²) in [6.07, 6.45) is 1.50. The summed E-state index contributed by atoms with van der Waals surface area (Å²) in [5.74, 6) is -0.0520. The Morgan fingerprint density at radius 3 is 3.06 bits per heavy atom. The first-order valence-electron chi connectivity index (χ1n) is 5.36. The van der Waals surface area contributed by atoms with Gasteiger partial charge in [0.15, 0.2) is 0 Å². The number of nitrogens with one attached hydrogen (secondary N) is 1. The molecule has 1 atom stereocenters. The molecule has 86 valence electrons. The fourth-order valence-corrected chi connectivity index (χ4v) is 2.11. The third-order valence-corrected chi connectivity index (χ3v) is 3.72. The van der Waals surface area contributed by atoms with Crippen molar-refractivity contribution in [3.63, 3.8) is 0 Å². The van der Waals surface area contributed by atoms with Gasteiger partial charge >= 0.3 is 0 Å². The number of hydrogen-bond acceptors (Lipinski definition) is 2. The molecule has 1 aliphatic heterocycles. The smallest absolute Gasteiger partial charge is 0.253 e. The monoisotopic (exact) mass is 283 g/mol. The number of carbonyl (C=O) groups is 1. The molecule has 16 heavy (non-hydrogen) atoms. The summed E-state index contributed by atoms with van der Waals surface area (Å²) in [7, 11) is 0. The number of aryl methyl sites for hydroxylation is 1. The van der Waals surface area contributed by atoms with Crippen molar-refractivity contribution in [3.8, 4) is 0 Å². The van der Waals surface area contributed by atoms with E-state index in [1.54, 1.807) is 0 Å². The zero-order chi connectivity index (χ0) is 11.5. The Morgan fingerprint density at radius 1 is 1.56 bits per heavy atom. The number of halogens is 1. The Hall–Kier alpha value is -0.870. The van der Waals surface area contributed by atoms with E-state index in [0.717, 1.165) is 28.6 Å². The van der Waals surface area contributed by atoms with Gasteiger partial charge in [-0.05, 0) is 47.3 Å². The van der Waals surface area contributed by atoms with E-state index in [9.17, 15) is 4.79 Å². The van der Waals surface area contributed by atoms with Crippen LogP contribution in [0.25, 0.3) is 0 Å². The standard InChI is InChI=1S/C12H14BrNO2/c1-8-4-2-5-9(11(8)13)14-12(15)10-6-3-7-16-10/h2,4-5,10H,3,6-7H2,1H3,(H,14,15)/t10-/m0/s1. The van der Waals surface area contributed by atoms with Gasteiger partial charge in [-0.2, -0.15) is 0 Å². The topological polar surface area (TPSA) is 38.3 Å². The molecule has 1 N–H and O–H groups in total. The highest BCUT2D eigenvalue weighted by molar-refractivity contribution is 9.10. The van der Waals surface area contributed by atoms with Crippen LogP contribution in [0.1, 0.15) is 18.4 Å². The van der Waals surface area contributed by atoms with Gasteiger partial charge in [0, 0.05) is 11.1 Å². The van der Waals surface area contributed by atoms with Crippen molar-refractivity contribution >= 4 is 27.5 Å². The molecule has 0 unspecified atom stereocenters. The van der Waals surface area contributed by atoms with Crippen LogP contribution < -0.4 is 5.32 Å². The quantitative estimate of drug-likeness (QED) is 0.906. The predicted octanol–water partition coefficient (Wildman–Crippen LogP) is 2.88. The van der Waals surface area contributed by atoms with Crippen molar-refractivity contribution in [2.45, 2.75) is 25.9 Å². The summed E-state index contributed by atoms with van der Waals surface area (Å²) in [6, 6.07) is 5.79. The Labute approximate surface area is 103 Å². The number of rotatable bonds is 2. The van der Waals surface area contributed by atoms with Crippen molar-refractivity contribution in [3.05, 3.63) is 28.2 Å². The van der Waals surface area contributed by atoms with E-state index in [1.165, 1.54) is 0 Å². The van der Waals surface area contributed by atoms with Crippen LogP contribution in [0.2, 0.25) is 0 Å². The van der Waals surface area contributed by atoms with Crippen LogP contribution in [0.4, 0.5) is 5.69 Å². The Kier molecular flexibility index (Phi) is 3.61. The third-order valence-electron chi connectivity index (χ3n) is 2.67. The number of anilines is 1. The molecule has 4 heteroatoms. The summed E-state index contributed by atoms with van der Waals surface area (Å²) in [6.45, 7) is 2.68. The van der Waals surface area contributed by atoms with Gasteiger partial charge in [-0.1, -0.05) is 12.1 Å². The molecule has 1 fully saturated rings. The fourth-order valence-electron chi connectivity index (χ4n) is 1.74. The lowest BCUT2D eigenvalue weighted by molar-refractivity contribution is -0.124. The van der Waals surface area contributed by atoms with Gasteiger partial charge in [-0.3, -0.25) is 4.79 Å². The molecule has 1 amide bonds. The van der Waals surface area contributed by atoms with Crippen molar-refractivity contribution < 1.29 is 9.53 Å². The van der Waals surface area contributed by atoms with Gasteiger partial charge in [0.2, 0.25) is 0 Å². The van der Waals surface area contributed by atoms with E-state index in [1.807, 2.05) is 25.1 Å². The second-order valence-corrected chi connectivity index (χ2v) is 4.72. The van der Waals surface area contributed by atoms with Crippen molar-refractivity contribution in [1.29, 1.82) is 0 Å². The summed E-state index contributed by atoms with van der Waals surface area (Å²) >= 11 is 3.46. The molecule has 0 radical (unpaired) electrons. The number of carbonyl (C=O) groups excluding carboxylic acids is 1. The zero-order valence-electron chi connectivity index (χ0n) is 9.13. The average Bonchev–Trinajstić information content (AvgIpc) is 2.78. The highest BCUT2D eigenvalue weighted by atomic mass is 79.9. The van der Waals surface area contributed by atoms with E-state index in [4.69, 9.17) is 4.74 Å². The molecule has 0 spiro atoms. The van der Waals surface area contributed by atoms with E-state index < -0.39 is 0 Å². The van der Waals surface area contributed by atoms with Crippen LogP contribution in [0.15, 0.2) is 22.7 Å². The van der Waals surface area contributed by atoms with Crippen LogP contribution in [-0.2, 0) is 9.53 Å². The Morgan fingerprint density at radius 2 is 2.38 bits per heavy atom. The Bertz CT molecular complexity index is 400. The Balaban J connectivity index is 2.08. The zero-order valence-corrected chi connectivity index (χ0v) is 10.7. The summed E-state index contributed by atoms with van der Waals surface area (Å²) in [4.78, 5) is 11.8. The lowest BCUT2D eigenvalue weighted by Gasteiger charge is -2.12. The lowest BCUT2D eigenvalue weighted by Crippen LogP contribution is -2.27. The summed E-state index contributed by atoms with van der Waals surface area (Å²) < 4.78 is 6.26. The van der Waals surface area contributed by atoms with E-state index >= 15 is 0 Å². The van der Waals surface area contributed by atoms with Gasteiger partial charge in [0.25, 0.3) is 5.91 Å². The fraction of sp³-hybridized carbons (Fsp3) is 0.417. The maximum absolute atomic E-state index is 11.8. The number of ether oxygens (including phenoxy) is 1. The van der Waals surface area contributed by atoms with Crippen molar-refractivity contribution in [2.75, 3.05) is 11.9 Å². The predicted molar refractivity (Wildman–Crippen MR) is 66.5 cm³/mol. The summed E-state index contributed by atoms with van der Waals surface area (Å²) in [5, 5.41) is 2.88. The van der Waals surface area contributed by atoms with Gasteiger partial charge < -0.3 is 10.1 Å². The molecule has 0 aromatic heterocycles. The first-order chi connectivity index (χ1) is 7.68. The van der Waals surface area contributed by atoms with Crippen LogP contribution in [0, 0.1) is 6.92 Å². The largest absolute Gasteiger partial charge is 0.368 e. The molecular formula is C12H14BrNO2. The van der Waals surface area contributed by atoms with Gasteiger partial charge in [-0.15, -0.1) is 0 Å². The van der Waals surface area contributed by atoms with Crippen LogP contribution >= 0.6 is 15.9 Å². The number of amides is 1. The SMILES string of the molecule is Cc1cccc(NC(=O)[C@@H]2CCCO2)c1Br. The van der Waals surface area contributed by atoms with E-state index in [2.05, 4.69) is 21.2 Å². The minimum Gasteiger partial charge on any atom is -0.368 e. The maximum Gasteiger partial charge on any atom is 0.253 e.